The molecule has 0 aliphatic rings. The molecule has 0 aliphatic carbocycles. The molecule has 0 atom stereocenters. The molecular formula is C16H17BrFNO. The van der Waals surface area contributed by atoms with Gasteiger partial charge < -0.3 is 10.1 Å². The molecule has 1 N–H and O–H groups in total. The van der Waals surface area contributed by atoms with Gasteiger partial charge in [0.15, 0.2) is 0 Å². The number of hydrogen-bond donors (Lipinski definition) is 1. The Bertz CT molecular complexity index is 574. The van der Waals surface area contributed by atoms with Gasteiger partial charge in [0.1, 0.15) is 5.82 Å². The van der Waals surface area contributed by atoms with Gasteiger partial charge in [0, 0.05) is 23.8 Å². The standard InChI is InChI=1S/C16H17BrFNO/c1-20-9-8-12-4-2-3-5-16(12)19-11-13-6-7-14(18)10-15(13)17/h2-7,10,19H,8-9,11H2,1H3. The predicted molar refractivity (Wildman–Crippen MR) is 83.4 cm³/mol. The van der Waals surface area contributed by atoms with Crippen LogP contribution in [-0.4, -0.2) is 13.7 Å². The number of halogens is 2. The summed E-state index contributed by atoms with van der Waals surface area (Å²) in [7, 11) is 1.70. The van der Waals surface area contributed by atoms with E-state index in [1.54, 1.807) is 13.2 Å². The minimum atomic E-state index is -0.235. The molecule has 20 heavy (non-hydrogen) atoms. The van der Waals surface area contributed by atoms with Crippen LogP contribution in [0, 0.1) is 5.82 Å². The lowest BCUT2D eigenvalue weighted by molar-refractivity contribution is 0.202. The molecule has 0 radical (unpaired) electrons. The van der Waals surface area contributed by atoms with Crippen LogP contribution in [0.5, 0.6) is 0 Å². The molecule has 0 saturated carbocycles. The Kier molecular flexibility index (Phi) is 5.56. The molecule has 106 valence electrons. The highest BCUT2D eigenvalue weighted by Gasteiger charge is 2.04. The average Bonchev–Trinajstić information content (AvgIpc) is 2.45. The molecule has 4 heteroatoms. The smallest absolute Gasteiger partial charge is 0.124 e. The highest BCUT2D eigenvalue weighted by molar-refractivity contribution is 9.10. The molecule has 0 aliphatic heterocycles. The van der Waals surface area contributed by atoms with E-state index in [9.17, 15) is 4.39 Å². The fourth-order valence-corrected chi connectivity index (χ4v) is 2.47. The summed E-state index contributed by atoms with van der Waals surface area (Å²) in [5, 5.41) is 3.39. The molecule has 0 spiro atoms. The summed E-state index contributed by atoms with van der Waals surface area (Å²) < 4.78 is 18.9. The zero-order valence-electron chi connectivity index (χ0n) is 11.3. The van der Waals surface area contributed by atoms with Gasteiger partial charge >= 0.3 is 0 Å². The van der Waals surface area contributed by atoms with Crippen LogP contribution in [-0.2, 0) is 17.7 Å². The topological polar surface area (TPSA) is 21.3 Å². The van der Waals surface area contributed by atoms with E-state index in [2.05, 4.69) is 27.3 Å². The predicted octanol–water partition coefficient (Wildman–Crippen LogP) is 4.39. The van der Waals surface area contributed by atoms with E-state index in [4.69, 9.17) is 4.74 Å². The Morgan fingerprint density at radius 1 is 1.15 bits per heavy atom. The number of nitrogens with one attached hydrogen (secondary N) is 1. The maximum Gasteiger partial charge on any atom is 0.124 e. The molecule has 0 bridgehead atoms. The molecule has 0 fully saturated rings. The molecule has 0 saturated heterocycles. The van der Waals surface area contributed by atoms with Crippen LogP contribution in [0.2, 0.25) is 0 Å². The number of para-hydroxylation sites is 1. The first-order valence-corrected chi connectivity index (χ1v) is 7.24. The van der Waals surface area contributed by atoms with Gasteiger partial charge in [0.25, 0.3) is 0 Å². The minimum Gasteiger partial charge on any atom is -0.384 e. The maximum atomic E-state index is 13.0. The van der Waals surface area contributed by atoms with Crippen LogP contribution >= 0.6 is 15.9 Å². The summed E-state index contributed by atoms with van der Waals surface area (Å²) in [6.07, 6.45) is 0.865. The normalized spacial score (nSPS) is 10.6. The Morgan fingerprint density at radius 2 is 1.95 bits per heavy atom. The average molecular weight is 338 g/mol. The number of methoxy groups -OCH3 is 1. The van der Waals surface area contributed by atoms with Crippen LogP contribution in [0.25, 0.3) is 0 Å². The van der Waals surface area contributed by atoms with Crippen molar-refractivity contribution in [2.75, 3.05) is 19.0 Å². The zero-order chi connectivity index (χ0) is 14.4. The van der Waals surface area contributed by atoms with E-state index < -0.39 is 0 Å². The van der Waals surface area contributed by atoms with E-state index in [-0.39, 0.29) is 5.82 Å². The number of anilines is 1. The highest BCUT2D eigenvalue weighted by Crippen LogP contribution is 2.21. The van der Waals surface area contributed by atoms with Gasteiger partial charge in [-0.1, -0.05) is 40.2 Å². The summed E-state index contributed by atoms with van der Waals surface area (Å²) in [5.74, 6) is -0.235. The van der Waals surface area contributed by atoms with E-state index in [1.165, 1.54) is 17.7 Å². The van der Waals surface area contributed by atoms with Crippen molar-refractivity contribution in [3.8, 4) is 0 Å². The molecule has 2 nitrogen and oxygen atoms in total. The van der Waals surface area contributed by atoms with Crippen molar-refractivity contribution in [3.63, 3.8) is 0 Å². The number of benzene rings is 2. The summed E-state index contributed by atoms with van der Waals surface area (Å²) in [6, 6.07) is 12.9. The minimum absolute atomic E-state index is 0.235. The van der Waals surface area contributed by atoms with Crippen molar-refractivity contribution in [2.24, 2.45) is 0 Å². The lowest BCUT2D eigenvalue weighted by Gasteiger charge is -2.12. The van der Waals surface area contributed by atoms with E-state index in [1.807, 2.05) is 18.2 Å². The highest BCUT2D eigenvalue weighted by atomic mass is 79.9. The van der Waals surface area contributed by atoms with Gasteiger partial charge in [0.2, 0.25) is 0 Å². The number of ether oxygens (including phenoxy) is 1. The maximum absolute atomic E-state index is 13.0. The second kappa shape index (κ2) is 7.41. The molecule has 2 aromatic carbocycles. The van der Waals surface area contributed by atoms with Crippen molar-refractivity contribution in [1.82, 2.24) is 0 Å². The quantitative estimate of drug-likeness (QED) is 0.844. The molecule has 2 aromatic rings. The van der Waals surface area contributed by atoms with Crippen LogP contribution in [0.15, 0.2) is 46.9 Å². The Hall–Kier alpha value is -1.39. The van der Waals surface area contributed by atoms with E-state index in [0.29, 0.717) is 13.2 Å². The lowest BCUT2D eigenvalue weighted by Crippen LogP contribution is -2.05. The summed E-state index contributed by atoms with van der Waals surface area (Å²) in [6.45, 7) is 1.34. The van der Waals surface area contributed by atoms with Crippen LogP contribution < -0.4 is 5.32 Å². The summed E-state index contributed by atoms with van der Waals surface area (Å²) in [4.78, 5) is 0. The Balaban J connectivity index is 2.06. The van der Waals surface area contributed by atoms with Gasteiger partial charge in [-0.25, -0.2) is 4.39 Å². The van der Waals surface area contributed by atoms with Gasteiger partial charge in [-0.2, -0.15) is 0 Å². The molecule has 0 unspecified atom stereocenters. The first kappa shape index (κ1) is 15.0. The lowest BCUT2D eigenvalue weighted by atomic mass is 10.1. The third-order valence-corrected chi connectivity index (χ3v) is 3.82. The molecule has 0 aromatic heterocycles. The van der Waals surface area contributed by atoms with Crippen molar-refractivity contribution < 1.29 is 9.13 Å². The third kappa shape index (κ3) is 4.05. The molecule has 0 amide bonds. The van der Waals surface area contributed by atoms with E-state index in [0.717, 1.165) is 22.1 Å². The van der Waals surface area contributed by atoms with Crippen LogP contribution in [0.1, 0.15) is 11.1 Å². The van der Waals surface area contributed by atoms with E-state index >= 15 is 0 Å². The van der Waals surface area contributed by atoms with Crippen molar-refractivity contribution in [1.29, 1.82) is 0 Å². The monoisotopic (exact) mass is 337 g/mol. The molecule has 0 heterocycles. The van der Waals surface area contributed by atoms with Gasteiger partial charge in [-0.05, 0) is 35.7 Å². The SMILES string of the molecule is COCCc1ccccc1NCc1ccc(F)cc1Br. The largest absolute Gasteiger partial charge is 0.384 e. The van der Waals surface area contributed by atoms with Crippen LogP contribution in [0.3, 0.4) is 0 Å². The number of rotatable bonds is 6. The van der Waals surface area contributed by atoms with Crippen LogP contribution in [0.4, 0.5) is 10.1 Å². The van der Waals surface area contributed by atoms with Crippen molar-refractivity contribution >= 4 is 21.6 Å². The zero-order valence-corrected chi connectivity index (χ0v) is 12.9. The third-order valence-electron chi connectivity index (χ3n) is 3.08. The van der Waals surface area contributed by atoms with Gasteiger partial charge in [-0.3, -0.25) is 0 Å². The second-order valence-corrected chi connectivity index (χ2v) is 5.34. The molecule has 2 rings (SSSR count). The van der Waals surface area contributed by atoms with Gasteiger partial charge in [-0.15, -0.1) is 0 Å². The van der Waals surface area contributed by atoms with Crippen molar-refractivity contribution in [3.05, 3.63) is 63.9 Å². The first-order chi connectivity index (χ1) is 9.70. The second-order valence-electron chi connectivity index (χ2n) is 4.49. The molecular weight excluding hydrogens is 321 g/mol. The van der Waals surface area contributed by atoms with Gasteiger partial charge in [0.05, 0.1) is 6.61 Å². The first-order valence-electron chi connectivity index (χ1n) is 6.45. The Labute approximate surface area is 127 Å². The fraction of sp³-hybridized carbons (Fsp3) is 0.250. The Morgan fingerprint density at radius 3 is 2.70 bits per heavy atom. The summed E-state index contributed by atoms with van der Waals surface area (Å²) >= 11 is 3.38. The number of hydrogen-bond acceptors (Lipinski definition) is 2. The van der Waals surface area contributed by atoms with Crippen molar-refractivity contribution in [2.45, 2.75) is 13.0 Å². The summed E-state index contributed by atoms with van der Waals surface area (Å²) in [5.41, 5.74) is 3.32. The fourth-order valence-electron chi connectivity index (χ4n) is 1.98.